The van der Waals surface area contributed by atoms with Crippen molar-refractivity contribution < 1.29 is 36.3 Å². The van der Waals surface area contributed by atoms with Crippen LogP contribution in [0.15, 0.2) is 53.4 Å². The zero-order valence-corrected chi connectivity index (χ0v) is 20.9. The molecule has 0 saturated carbocycles. The molecular weight excluding hydrogens is 525 g/mol. The van der Waals surface area contributed by atoms with Gasteiger partial charge in [-0.05, 0) is 48.7 Å². The number of halogens is 3. The Morgan fingerprint density at radius 1 is 1.16 bits per heavy atom. The third kappa shape index (κ3) is 5.52. The fourth-order valence-corrected chi connectivity index (χ4v) is 6.09. The molecule has 9 nitrogen and oxygen atoms in total. The van der Waals surface area contributed by atoms with Gasteiger partial charge in [0.1, 0.15) is 6.04 Å². The van der Waals surface area contributed by atoms with Crippen LogP contribution in [-0.2, 0) is 21.0 Å². The zero-order valence-electron chi connectivity index (χ0n) is 20.1. The van der Waals surface area contributed by atoms with E-state index in [1.54, 1.807) is 0 Å². The molecule has 2 aliphatic rings. The molecule has 2 aliphatic heterocycles. The lowest BCUT2D eigenvalue weighted by molar-refractivity contribution is -0.137. The van der Waals surface area contributed by atoms with E-state index >= 15 is 0 Å². The van der Waals surface area contributed by atoms with Crippen molar-refractivity contribution >= 4 is 21.8 Å². The third-order valence-corrected chi connectivity index (χ3v) is 8.53. The van der Waals surface area contributed by atoms with E-state index in [-0.39, 0.29) is 41.6 Å². The van der Waals surface area contributed by atoms with Crippen molar-refractivity contribution in [3.05, 3.63) is 65.2 Å². The number of benzene rings is 2. The van der Waals surface area contributed by atoms with Crippen LogP contribution in [0.1, 0.15) is 40.4 Å². The number of alkyl halides is 3. The van der Waals surface area contributed by atoms with Crippen LogP contribution in [0.3, 0.4) is 0 Å². The summed E-state index contributed by atoms with van der Waals surface area (Å²) in [5, 5.41) is 21.3. The highest BCUT2D eigenvalue weighted by Gasteiger charge is 2.39. The normalized spacial score (nSPS) is 19.4. The largest absolute Gasteiger partial charge is 0.416 e. The van der Waals surface area contributed by atoms with E-state index in [0.717, 1.165) is 16.4 Å². The number of carbonyl (C=O) groups is 2. The summed E-state index contributed by atoms with van der Waals surface area (Å²) < 4.78 is 65.4. The van der Waals surface area contributed by atoms with Crippen LogP contribution in [0.5, 0.6) is 0 Å². The SMILES string of the molecule is N#CC1CN(S(=O)(=O)c2cccc(C(=O)N3CCC[C@@H]3C(=O)NC(CO)c3ccc(C(F)(F)F)cc3)c2)C1. The summed E-state index contributed by atoms with van der Waals surface area (Å²) >= 11 is 0. The molecule has 38 heavy (non-hydrogen) atoms. The lowest BCUT2D eigenvalue weighted by Gasteiger charge is -2.34. The summed E-state index contributed by atoms with van der Waals surface area (Å²) in [7, 11) is -3.88. The smallest absolute Gasteiger partial charge is 0.394 e. The van der Waals surface area contributed by atoms with Gasteiger partial charge in [-0.15, -0.1) is 0 Å². The Morgan fingerprint density at radius 3 is 2.45 bits per heavy atom. The molecule has 0 spiro atoms. The number of rotatable bonds is 7. The summed E-state index contributed by atoms with van der Waals surface area (Å²) in [5.41, 5.74) is -0.517. The number of nitrogens with zero attached hydrogens (tertiary/aromatic N) is 3. The van der Waals surface area contributed by atoms with Gasteiger partial charge < -0.3 is 15.3 Å². The molecule has 2 aromatic rings. The monoisotopic (exact) mass is 550 g/mol. The van der Waals surface area contributed by atoms with Gasteiger partial charge in [-0.1, -0.05) is 18.2 Å². The van der Waals surface area contributed by atoms with Crippen molar-refractivity contribution in [3.8, 4) is 6.07 Å². The van der Waals surface area contributed by atoms with Crippen molar-refractivity contribution in [2.24, 2.45) is 5.92 Å². The molecule has 2 amide bonds. The molecule has 2 N–H and O–H groups in total. The van der Waals surface area contributed by atoms with Crippen molar-refractivity contribution in [1.29, 1.82) is 5.26 Å². The second-order valence-electron chi connectivity index (χ2n) is 9.20. The van der Waals surface area contributed by atoms with Gasteiger partial charge in [0.2, 0.25) is 15.9 Å². The molecule has 2 saturated heterocycles. The maximum Gasteiger partial charge on any atom is 0.416 e. The molecule has 202 valence electrons. The molecule has 2 aromatic carbocycles. The standard InChI is InChI=1S/C25H25F3N4O5S/c26-25(27,28)19-8-6-17(7-9-19)21(15-33)30-23(34)22-5-2-10-32(22)24(35)18-3-1-4-20(11-18)38(36,37)31-13-16(12-29)14-31/h1,3-4,6-9,11,16,21-22,33H,2,5,10,13-15H2,(H,30,34)/t21?,22-/m1/s1. The van der Waals surface area contributed by atoms with Gasteiger partial charge in [-0.2, -0.15) is 22.7 Å². The van der Waals surface area contributed by atoms with Crippen molar-refractivity contribution in [3.63, 3.8) is 0 Å². The van der Waals surface area contributed by atoms with E-state index in [1.165, 1.54) is 41.3 Å². The number of hydrogen-bond acceptors (Lipinski definition) is 6. The lowest BCUT2D eigenvalue weighted by atomic mass is 10.0. The minimum Gasteiger partial charge on any atom is -0.394 e. The van der Waals surface area contributed by atoms with Gasteiger partial charge in [0, 0.05) is 25.2 Å². The summed E-state index contributed by atoms with van der Waals surface area (Å²) in [5.74, 6) is -1.50. The van der Waals surface area contributed by atoms with Crippen LogP contribution >= 0.6 is 0 Å². The molecule has 2 heterocycles. The quantitative estimate of drug-likeness (QED) is 0.544. The van der Waals surface area contributed by atoms with Crippen molar-refractivity contribution in [1.82, 2.24) is 14.5 Å². The van der Waals surface area contributed by atoms with E-state index in [9.17, 15) is 36.3 Å². The average Bonchev–Trinajstić information content (AvgIpc) is 3.36. The maximum atomic E-state index is 13.3. The predicted octanol–water partition coefficient (Wildman–Crippen LogP) is 2.30. The maximum absolute atomic E-state index is 13.3. The van der Waals surface area contributed by atoms with Crippen LogP contribution in [0.4, 0.5) is 13.2 Å². The zero-order chi connectivity index (χ0) is 27.7. The number of nitriles is 1. The van der Waals surface area contributed by atoms with E-state index in [4.69, 9.17) is 5.26 Å². The van der Waals surface area contributed by atoms with Gasteiger partial charge in [-0.3, -0.25) is 9.59 Å². The van der Waals surface area contributed by atoms with E-state index in [0.29, 0.717) is 12.8 Å². The predicted molar refractivity (Wildman–Crippen MR) is 128 cm³/mol. The van der Waals surface area contributed by atoms with Gasteiger partial charge >= 0.3 is 6.18 Å². The van der Waals surface area contributed by atoms with Crippen LogP contribution in [0.25, 0.3) is 0 Å². The summed E-state index contributed by atoms with van der Waals surface area (Å²) in [6.45, 7) is -0.165. The molecule has 13 heteroatoms. The van der Waals surface area contributed by atoms with Gasteiger partial charge in [0.15, 0.2) is 0 Å². The number of aliphatic hydroxyl groups excluding tert-OH is 1. The first-order chi connectivity index (χ1) is 18.0. The van der Waals surface area contributed by atoms with Crippen molar-refractivity contribution in [2.45, 2.75) is 36.0 Å². The molecule has 4 rings (SSSR count). The summed E-state index contributed by atoms with van der Waals surface area (Å²) in [4.78, 5) is 27.6. The Hall–Kier alpha value is -3.47. The summed E-state index contributed by atoms with van der Waals surface area (Å²) in [6.07, 6.45) is -3.69. The number of carbonyl (C=O) groups excluding carboxylic acids is 2. The second-order valence-corrected chi connectivity index (χ2v) is 11.1. The molecular formula is C25H25F3N4O5S. The third-order valence-electron chi connectivity index (χ3n) is 6.71. The highest BCUT2D eigenvalue weighted by atomic mass is 32.2. The van der Waals surface area contributed by atoms with Crippen LogP contribution < -0.4 is 5.32 Å². The Labute approximate surface area is 217 Å². The number of sulfonamides is 1. The van der Waals surface area contributed by atoms with Gasteiger partial charge in [0.25, 0.3) is 5.91 Å². The second kappa shape index (κ2) is 10.7. The number of hydrogen-bond donors (Lipinski definition) is 2. The van der Waals surface area contributed by atoms with Gasteiger partial charge in [-0.25, -0.2) is 8.42 Å². The minimum atomic E-state index is -4.52. The molecule has 2 atom stereocenters. The Bertz CT molecular complexity index is 1350. The molecule has 0 bridgehead atoms. The van der Waals surface area contributed by atoms with Gasteiger partial charge in [0.05, 0.1) is 35.1 Å². The number of aliphatic hydroxyl groups is 1. The Morgan fingerprint density at radius 2 is 1.84 bits per heavy atom. The topological polar surface area (TPSA) is 131 Å². The fraction of sp³-hybridized carbons (Fsp3) is 0.400. The number of nitrogens with one attached hydrogen (secondary N) is 1. The first-order valence-corrected chi connectivity index (χ1v) is 13.3. The number of amides is 2. The first kappa shape index (κ1) is 27.6. The first-order valence-electron chi connectivity index (χ1n) is 11.8. The van der Waals surface area contributed by atoms with E-state index < -0.39 is 52.3 Å². The van der Waals surface area contributed by atoms with E-state index in [2.05, 4.69) is 5.32 Å². The Balaban J connectivity index is 1.47. The molecule has 0 aromatic heterocycles. The number of likely N-dealkylation sites (tertiary alicyclic amines) is 1. The lowest BCUT2D eigenvalue weighted by Crippen LogP contribution is -2.49. The van der Waals surface area contributed by atoms with Crippen LogP contribution in [0.2, 0.25) is 0 Å². The minimum absolute atomic E-state index is 0.0737. The fourth-order valence-electron chi connectivity index (χ4n) is 4.51. The molecule has 1 unspecified atom stereocenters. The molecule has 0 aliphatic carbocycles. The van der Waals surface area contributed by atoms with Crippen molar-refractivity contribution in [2.75, 3.05) is 26.2 Å². The van der Waals surface area contributed by atoms with E-state index in [1.807, 2.05) is 6.07 Å². The van der Waals surface area contributed by atoms with Crippen LogP contribution in [0, 0.1) is 17.2 Å². The summed E-state index contributed by atoms with van der Waals surface area (Å²) in [6, 6.07) is 9.65. The highest BCUT2D eigenvalue weighted by Crippen LogP contribution is 2.30. The Kier molecular flexibility index (Phi) is 7.78. The molecule has 0 radical (unpaired) electrons. The van der Waals surface area contributed by atoms with Crippen LogP contribution in [-0.4, -0.2) is 66.8 Å². The highest BCUT2D eigenvalue weighted by molar-refractivity contribution is 7.89. The average molecular weight is 551 g/mol. The molecule has 2 fully saturated rings.